The summed E-state index contributed by atoms with van der Waals surface area (Å²) < 4.78 is 8.06. The molecule has 11 heteroatoms. The maximum absolute atomic E-state index is 12.3. The van der Waals surface area contributed by atoms with E-state index in [1.54, 1.807) is 0 Å². The molecule has 31 heavy (non-hydrogen) atoms. The average molecular weight is 481 g/mol. The molecule has 1 unspecified atom stereocenters. The van der Waals surface area contributed by atoms with Crippen molar-refractivity contribution in [1.82, 2.24) is 25.0 Å². The van der Waals surface area contributed by atoms with Gasteiger partial charge in [-0.2, -0.15) is 0 Å². The van der Waals surface area contributed by atoms with Crippen LogP contribution in [0.1, 0.15) is 48.8 Å². The summed E-state index contributed by atoms with van der Waals surface area (Å²) in [5.74, 6) is 1.47. The van der Waals surface area contributed by atoms with Gasteiger partial charge in [0.1, 0.15) is 10.8 Å². The Balaban J connectivity index is 1.65. The number of hydrogen-bond donors (Lipinski definition) is 1. The van der Waals surface area contributed by atoms with E-state index < -0.39 is 0 Å². The van der Waals surface area contributed by atoms with E-state index in [0.717, 1.165) is 33.3 Å². The van der Waals surface area contributed by atoms with Crippen LogP contribution in [0.5, 0.6) is 5.75 Å². The van der Waals surface area contributed by atoms with Crippen LogP contribution in [0.15, 0.2) is 17.3 Å². The SMILES string of the molecule is CCc1nnc(NC(=O)CSc2nnc(C(C)Oc3cc(C)c(Cl)c(C)c3)n2CC)s1. The van der Waals surface area contributed by atoms with Crippen LogP contribution in [0.2, 0.25) is 5.02 Å². The number of aromatic nitrogens is 5. The lowest BCUT2D eigenvalue weighted by molar-refractivity contribution is -0.113. The highest BCUT2D eigenvalue weighted by Crippen LogP contribution is 2.29. The van der Waals surface area contributed by atoms with Crippen LogP contribution in [-0.2, 0) is 17.8 Å². The van der Waals surface area contributed by atoms with Gasteiger partial charge in [0.15, 0.2) is 17.1 Å². The minimum absolute atomic E-state index is 0.160. The van der Waals surface area contributed by atoms with Gasteiger partial charge in [-0.05, 0) is 57.4 Å². The molecule has 0 aliphatic heterocycles. The number of anilines is 1. The number of thioether (sulfide) groups is 1. The number of hydrogen-bond acceptors (Lipinski definition) is 8. The molecule has 166 valence electrons. The molecule has 2 heterocycles. The van der Waals surface area contributed by atoms with Gasteiger partial charge in [-0.1, -0.05) is 41.6 Å². The van der Waals surface area contributed by atoms with Crippen LogP contribution >= 0.6 is 34.7 Å². The standard InChI is InChI=1S/C20H25ClN6O2S2/c1-6-16-23-25-19(31-16)22-15(28)10-30-20-26-24-18(27(20)7-2)13(5)29-14-8-11(3)17(21)12(4)9-14/h8-9,13H,6-7,10H2,1-5H3,(H,22,25,28). The maximum Gasteiger partial charge on any atom is 0.236 e. The highest BCUT2D eigenvalue weighted by Gasteiger charge is 2.20. The van der Waals surface area contributed by atoms with Crippen molar-refractivity contribution in [3.63, 3.8) is 0 Å². The van der Waals surface area contributed by atoms with E-state index >= 15 is 0 Å². The Hall–Kier alpha value is -2.17. The largest absolute Gasteiger partial charge is 0.483 e. The molecular formula is C20H25ClN6O2S2. The zero-order valence-electron chi connectivity index (χ0n) is 18.1. The summed E-state index contributed by atoms with van der Waals surface area (Å²) in [5.41, 5.74) is 1.93. The minimum atomic E-state index is -0.315. The van der Waals surface area contributed by atoms with Crippen LogP contribution in [0.25, 0.3) is 0 Å². The van der Waals surface area contributed by atoms with E-state index in [1.807, 2.05) is 51.3 Å². The second-order valence-electron chi connectivity index (χ2n) is 6.91. The number of halogens is 1. The Bertz CT molecular complexity index is 1040. The van der Waals surface area contributed by atoms with Gasteiger partial charge in [0.2, 0.25) is 11.0 Å². The number of ether oxygens (including phenoxy) is 1. The Labute approximate surface area is 194 Å². The van der Waals surface area contributed by atoms with Gasteiger partial charge in [0.25, 0.3) is 0 Å². The third-order valence-corrected chi connectivity index (χ3v) is 7.04. The van der Waals surface area contributed by atoms with Gasteiger partial charge in [-0.3, -0.25) is 10.1 Å². The number of carbonyl (C=O) groups excluding carboxylic acids is 1. The number of benzene rings is 1. The van der Waals surface area contributed by atoms with Crippen molar-refractivity contribution in [3.05, 3.63) is 39.1 Å². The topological polar surface area (TPSA) is 94.8 Å². The van der Waals surface area contributed by atoms with E-state index in [4.69, 9.17) is 16.3 Å². The Morgan fingerprint density at radius 2 is 1.94 bits per heavy atom. The molecule has 3 aromatic rings. The number of amides is 1. The summed E-state index contributed by atoms with van der Waals surface area (Å²) in [4.78, 5) is 12.3. The molecule has 0 saturated carbocycles. The van der Waals surface area contributed by atoms with Crippen molar-refractivity contribution < 1.29 is 9.53 Å². The zero-order valence-corrected chi connectivity index (χ0v) is 20.5. The predicted octanol–water partition coefficient (Wildman–Crippen LogP) is 4.85. The molecule has 2 aromatic heterocycles. The van der Waals surface area contributed by atoms with E-state index in [2.05, 4.69) is 25.7 Å². The molecule has 8 nitrogen and oxygen atoms in total. The van der Waals surface area contributed by atoms with Gasteiger partial charge < -0.3 is 9.30 Å². The number of nitrogens with one attached hydrogen (secondary N) is 1. The lowest BCUT2D eigenvalue weighted by atomic mass is 10.1. The van der Waals surface area contributed by atoms with Crippen molar-refractivity contribution >= 4 is 45.7 Å². The van der Waals surface area contributed by atoms with Gasteiger partial charge in [-0.15, -0.1) is 20.4 Å². The van der Waals surface area contributed by atoms with Gasteiger partial charge in [0, 0.05) is 11.6 Å². The lowest BCUT2D eigenvalue weighted by Gasteiger charge is -2.17. The first-order valence-electron chi connectivity index (χ1n) is 9.93. The molecule has 1 aromatic carbocycles. The fourth-order valence-corrected chi connectivity index (χ4v) is 4.58. The summed E-state index contributed by atoms with van der Waals surface area (Å²) in [6, 6.07) is 3.83. The molecule has 0 saturated heterocycles. The summed E-state index contributed by atoms with van der Waals surface area (Å²) in [7, 11) is 0. The van der Waals surface area contributed by atoms with E-state index in [0.29, 0.717) is 22.7 Å². The number of carbonyl (C=O) groups is 1. The van der Waals surface area contributed by atoms with Crippen LogP contribution in [0, 0.1) is 13.8 Å². The first-order valence-corrected chi connectivity index (χ1v) is 12.1. The van der Waals surface area contributed by atoms with Crippen molar-refractivity contribution in [3.8, 4) is 5.75 Å². The van der Waals surface area contributed by atoms with Crippen molar-refractivity contribution in [1.29, 1.82) is 0 Å². The number of aryl methyl sites for hydroxylation is 3. The second kappa shape index (κ2) is 10.4. The maximum atomic E-state index is 12.3. The van der Waals surface area contributed by atoms with Crippen molar-refractivity contribution in [2.24, 2.45) is 0 Å². The summed E-state index contributed by atoms with van der Waals surface area (Å²) in [6.45, 7) is 10.5. The van der Waals surface area contributed by atoms with E-state index in [1.165, 1.54) is 23.1 Å². The number of rotatable bonds is 9. The molecule has 0 radical (unpaired) electrons. The molecule has 0 aliphatic carbocycles. The normalized spacial score (nSPS) is 12.1. The summed E-state index contributed by atoms with van der Waals surface area (Å²) in [5, 5.41) is 22.1. The van der Waals surface area contributed by atoms with Crippen molar-refractivity contribution in [2.45, 2.75) is 58.8 Å². The quantitative estimate of drug-likeness (QED) is 0.437. The van der Waals surface area contributed by atoms with Crippen LogP contribution < -0.4 is 10.1 Å². The van der Waals surface area contributed by atoms with E-state index in [9.17, 15) is 4.79 Å². The third kappa shape index (κ3) is 5.75. The Kier molecular flexibility index (Phi) is 7.90. The minimum Gasteiger partial charge on any atom is -0.483 e. The molecule has 0 bridgehead atoms. The summed E-state index contributed by atoms with van der Waals surface area (Å²) >= 11 is 8.95. The smallest absolute Gasteiger partial charge is 0.236 e. The molecule has 0 fully saturated rings. The highest BCUT2D eigenvalue weighted by atomic mass is 35.5. The van der Waals surface area contributed by atoms with Crippen LogP contribution in [0.4, 0.5) is 5.13 Å². The average Bonchev–Trinajstić information content (AvgIpc) is 3.36. The summed E-state index contributed by atoms with van der Waals surface area (Å²) in [6.07, 6.45) is 0.476. The Morgan fingerprint density at radius 3 is 2.55 bits per heavy atom. The molecule has 3 rings (SSSR count). The van der Waals surface area contributed by atoms with Gasteiger partial charge >= 0.3 is 0 Å². The molecular weight excluding hydrogens is 456 g/mol. The molecule has 1 N–H and O–H groups in total. The molecule has 1 atom stereocenters. The van der Waals surface area contributed by atoms with Crippen LogP contribution in [-0.4, -0.2) is 36.6 Å². The highest BCUT2D eigenvalue weighted by molar-refractivity contribution is 7.99. The van der Waals surface area contributed by atoms with E-state index in [-0.39, 0.29) is 17.8 Å². The molecule has 1 amide bonds. The van der Waals surface area contributed by atoms with Gasteiger partial charge in [0.05, 0.1) is 5.75 Å². The monoisotopic (exact) mass is 480 g/mol. The fraction of sp³-hybridized carbons (Fsp3) is 0.450. The van der Waals surface area contributed by atoms with Crippen LogP contribution in [0.3, 0.4) is 0 Å². The fourth-order valence-electron chi connectivity index (χ4n) is 2.97. The second-order valence-corrected chi connectivity index (χ2v) is 9.29. The van der Waals surface area contributed by atoms with Crippen molar-refractivity contribution in [2.75, 3.05) is 11.1 Å². The lowest BCUT2D eigenvalue weighted by Crippen LogP contribution is -2.15. The third-order valence-electron chi connectivity index (χ3n) is 4.50. The predicted molar refractivity (Wildman–Crippen MR) is 124 cm³/mol. The zero-order chi connectivity index (χ0) is 22.5. The number of nitrogens with zero attached hydrogens (tertiary/aromatic N) is 5. The first kappa shape index (κ1) is 23.5. The molecule has 0 aliphatic rings. The first-order chi connectivity index (χ1) is 14.8. The van der Waals surface area contributed by atoms with Gasteiger partial charge in [-0.25, -0.2) is 0 Å². The molecule has 0 spiro atoms. The Morgan fingerprint density at radius 1 is 1.23 bits per heavy atom.